The van der Waals surface area contributed by atoms with Crippen LogP contribution in [-0.2, 0) is 28.7 Å². The smallest absolute Gasteiger partial charge is 0.330 e. The fourth-order valence-electron chi connectivity index (χ4n) is 0.727. The largest absolute Gasteiger partial charge is 0.478 e. The summed E-state index contributed by atoms with van der Waals surface area (Å²) in [6.45, 7) is 18.6. The second-order valence-corrected chi connectivity index (χ2v) is 4.67. The molecule has 0 bridgehead atoms. The second-order valence-electron chi connectivity index (χ2n) is 4.67. The van der Waals surface area contributed by atoms with E-state index in [4.69, 9.17) is 10.2 Å². The first-order valence-electron chi connectivity index (χ1n) is 8.55. The molecule has 0 fully saturated rings. The molecular weight excluding hydrogens is 382 g/mol. The van der Waals surface area contributed by atoms with Crippen LogP contribution in [0.1, 0.15) is 33.6 Å². The number of carbonyl (C=O) groups is 4. The first kappa shape index (κ1) is 33.4. The van der Waals surface area contributed by atoms with Gasteiger partial charge < -0.3 is 25.0 Å². The number of hydrogen-bond donors (Lipinski definition) is 3. The molecule has 166 valence electrons. The zero-order chi connectivity index (χ0) is 23.7. The number of ether oxygens (including phenoxy) is 2. The van der Waals surface area contributed by atoms with Crippen molar-refractivity contribution in [2.75, 3.05) is 19.9 Å². The van der Waals surface area contributed by atoms with Crippen molar-refractivity contribution >= 4 is 23.8 Å². The Balaban J connectivity index is -0.000000145. The lowest BCUT2D eigenvalue weighted by Gasteiger charge is -1.97. The van der Waals surface area contributed by atoms with Gasteiger partial charge in [-0.1, -0.05) is 39.7 Å². The molecule has 1 amide bonds. The summed E-state index contributed by atoms with van der Waals surface area (Å²) in [5, 5.41) is 18.0. The summed E-state index contributed by atoms with van der Waals surface area (Å²) in [5.74, 6) is -1.98. The highest BCUT2D eigenvalue weighted by Gasteiger charge is 1.91. The van der Waals surface area contributed by atoms with Gasteiger partial charge in [0.2, 0.25) is 5.91 Å². The number of carbonyl (C=O) groups excluding carboxylic acids is 3. The number of rotatable bonds is 9. The average Bonchev–Trinajstić information content (AvgIpc) is 2.69. The molecule has 0 radical (unpaired) electrons. The minimum Gasteiger partial charge on any atom is -0.478 e. The standard InChI is InChI=1S/C7H12O2.C5H8O2.C4H7NO2.C4H6O2/c1-3-5-6-9-7(8)4-2;1-3-5(6)7-4-2;1-2-4(7)5-3-6;1-3(2)4(5)6/h4H,2-3,5-6H2,1H3;3H,1,4H2,2H3;2,6H,1,3H2,(H,5,7);1H2,2H3,(H,5,6). The van der Waals surface area contributed by atoms with Gasteiger partial charge in [0.25, 0.3) is 0 Å². The Morgan fingerprint density at radius 3 is 1.62 bits per heavy atom. The molecule has 0 aromatic heterocycles. The number of nitrogens with one attached hydrogen (secondary N) is 1. The van der Waals surface area contributed by atoms with Crippen molar-refractivity contribution in [1.29, 1.82) is 0 Å². The molecule has 0 aliphatic heterocycles. The third kappa shape index (κ3) is 40.7. The topological polar surface area (TPSA) is 139 Å². The summed E-state index contributed by atoms with van der Waals surface area (Å²) in [5.41, 5.74) is 0.176. The molecule has 29 heavy (non-hydrogen) atoms. The predicted octanol–water partition coefficient (Wildman–Crippen LogP) is 2.14. The van der Waals surface area contributed by atoms with E-state index in [2.05, 4.69) is 41.1 Å². The number of carboxylic acids is 1. The first-order valence-corrected chi connectivity index (χ1v) is 8.55. The summed E-state index contributed by atoms with van der Waals surface area (Å²) in [6.07, 6.45) is 5.39. The molecule has 0 spiro atoms. The lowest BCUT2D eigenvalue weighted by Crippen LogP contribution is -2.20. The van der Waals surface area contributed by atoms with Gasteiger partial charge >= 0.3 is 17.9 Å². The SMILES string of the molecule is C=C(C)C(=O)O.C=CC(=O)NCO.C=CC(=O)OCC.C=CC(=O)OCCCC. The molecule has 0 aromatic carbocycles. The highest BCUT2D eigenvalue weighted by atomic mass is 16.5. The van der Waals surface area contributed by atoms with Crippen LogP contribution in [-0.4, -0.2) is 54.0 Å². The van der Waals surface area contributed by atoms with Crippen molar-refractivity contribution in [3.8, 4) is 0 Å². The van der Waals surface area contributed by atoms with Crippen molar-refractivity contribution < 1.29 is 38.9 Å². The van der Waals surface area contributed by atoms with Gasteiger partial charge in [0, 0.05) is 17.7 Å². The lowest BCUT2D eigenvalue weighted by molar-refractivity contribution is -0.138. The minimum atomic E-state index is -0.935. The number of esters is 2. The number of aliphatic hydroxyl groups excluding tert-OH is 1. The van der Waals surface area contributed by atoms with Crippen LogP contribution in [0.3, 0.4) is 0 Å². The fraction of sp³-hybridized carbons (Fsp3) is 0.400. The molecule has 0 saturated carbocycles. The van der Waals surface area contributed by atoms with E-state index in [-0.39, 0.29) is 30.1 Å². The maximum absolute atomic E-state index is 10.3. The highest BCUT2D eigenvalue weighted by molar-refractivity contribution is 5.86. The number of hydrogen-bond acceptors (Lipinski definition) is 7. The summed E-state index contributed by atoms with van der Waals surface area (Å²) in [7, 11) is 0. The van der Waals surface area contributed by atoms with E-state index < -0.39 is 5.97 Å². The van der Waals surface area contributed by atoms with E-state index in [0.717, 1.165) is 25.0 Å². The molecule has 0 heterocycles. The molecule has 0 aliphatic carbocycles. The van der Waals surface area contributed by atoms with Gasteiger partial charge in [-0.05, 0) is 26.3 Å². The molecule has 0 rings (SSSR count). The van der Waals surface area contributed by atoms with Crippen LogP contribution >= 0.6 is 0 Å². The number of aliphatic hydroxyl groups is 1. The second kappa shape index (κ2) is 27.0. The van der Waals surface area contributed by atoms with Gasteiger partial charge in [-0.15, -0.1) is 0 Å². The monoisotopic (exact) mass is 415 g/mol. The third-order valence-electron chi connectivity index (χ3n) is 2.17. The van der Waals surface area contributed by atoms with Crippen LogP contribution in [0.15, 0.2) is 50.1 Å². The fourth-order valence-corrected chi connectivity index (χ4v) is 0.727. The van der Waals surface area contributed by atoms with Gasteiger partial charge in [-0.25, -0.2) is 14.4 Å². The number of unbranched alkanes of at least 4 members (excludes halogenated alkanes) is 1. The Morgan fingerprint density at radius 1 is 0.966 bits per heavy atom. The maximum atomic E-state index is 10.3. The van der Waals surface area contributed by atoms with Crippen LogP contribution < -0.4 is 5.32 Å². The number of amides is 1. The van der Waals surface area contributed by atoms with Gasteiger partial charge in [0.1, 0.15) is 6.73 Å². The summed E-state index contributed by atoms with van der Waals surface area (Å²) in [4.78, 5) is 40.0. The Bertz CT molecular complexity index is 493. The molecule has 0 aliphatic rings. The Morgan fingerprint density at radius 2 is 1.41 bits per heavy atom. The normalized spacial score (nSPS) is 7.86. The quantitative estimate of drug-likeness (QED) is 0.225. The van der Waals surface area contributed by atoms with Crippen molar-refractivity contribution in [1.82, 2.24) is 5.32 Å². The molecule has 0 atom stereocenters. The first-order chi connectivity index (χ1) is 13.6. The van der Waals surface area contributed by atoms with Crippen LogP contribution in [0.5, 0.6) is 0 Å². The third-order valence-corrected chi connectivity index (χ3v) is 2.17. The predicted molar refractivity (Wildman–Crippen MR) is 111 cm³/mol. The van der Waals surface area contributed by atoms with Crippen molar-refractivity contribution in [2.24, 2.45) is 0 Å². The van der Waals surface area contributed by atoms with Crippen LogP contribution in [0, 0.1) is 0 Å². The number of carboxylic acid groups (broad SMARTS) is 1. The summed E-state index contributed by atoms with van der Waals surface area (Å²) < 4.78 is 9.11. The molecule has 9 nitrogen and oxygen atoms in total. The van der Waals surface area contributed by atoms with Crippen molar-refractivity contribution in [3.63, 3.8) is 0 Å². The minimum absolute atomic E-state index is 0.176. The molecule has 3 N–H and O–H groups in total. The lowest BCUT2D eigenvalue weighted by atomic mass is 10.4. The molecule has 0 saturated heterocycles. The van der Waals surface area contributed by atoms with Gasteiger partial charge in [-0.3, -0.25) is 4.79 Å². The van der Waals surface area contributed by atoms with E-state index in [0.29, 0.717) is 13.2 Å². The molecular formula is C20H33NO8. The average molecular weight is 415 g/mol. The van der Waals surface area contributed by atoms with Gasteiger partial charge in [0.15, 0.2) is 0 Å². The van der Waals surface area contributed by atoms with E-state index in [1.54, 1.807) is 6.92 Å². The van der Waals surface area contributed by atoms with E-state index >= 15 is 0 Å². The van der Waals surface area contributed by atoms with Crippen LogP contribution in [0.2, 0.25) is 0 Å². The maximum Gasteiger partial charge on any atom is 0.330 e. The van der Waals surface area contributed by atoms with E-state index in [9.17, 15) is 19.2 Å². The van der Waals surface area contributed by atoms with Crippen LogP contribution in [0.4, 0.5) is 0 Å². The Labute approximate surface area is 172 Å². The Kier molecular flexibility index (Phi) is 31.1. The van der Waals surface area contributed by atoms with Gasteiger partial charge in [0.05, 0.1) is 13.2 Å². The summed E-state index contributed by atoms with van der Waals surface area (Å²) >= 11 is 0. The molecule has 0 aromatic rings. The molecule has 9 heteroatoms. The van der Waals surface area contributed by atoms with Gasteiger partial charge in [-0.2, -0.15) is 0 Å². The molecule has 0 unspecified atom stereocenters. The van der Waals surface area contributed by atoms with Crippen LogP contribution in [0.25, 0.3) is 0 Å². The summed E-state index contributed by atoms with van der Waals surface area (Å²) in [6, 6.07) is 0. The van der Waals surface area contributed by atoms with E-state index in [1.165, 1.54) is 13.0 Å². The Hall–Kier alpha value is -3.20. The van der Waals surface area contributed by atoms with E-state index in [1.807, 2.05) is 6.92 Å². The van der Waals surface area contributed by atoms with Crippen molar-refractivity contribution in [2.45, 2.75) is 33.6 Å². The zero-order valence-electron chi connectivity index (χ0n) is 17.4. The van der Waals surface area contributed by atoms with Crippen molar-refractivity contribution in [3.05, 3.63) is 50.1 Å². The highest BCUT2D eigenvalue weighted by Crippen LogP contribution is 1.88. The zero-order valence-corrected chi connectivity index (χ0v) is 17.4. The number of aliphatic carboxylic acids is 1.